The highest BCUT2D eigenvalue weighted by atomic mass is 35.5. The van der Waals surface area contributed by atoms with Gasteiger partial charge in [0.05, 0.1) is 4.87 Å². The summed E-state index contributed by atoms with van der Waals surface area (Å²) in [5.74, 6) is 1.52. The van der Waals surface area contributed by atoms with Crippen LogP contribution < -0.4 is 0 Å². The minimum atomic E-state index is 0.103. The van der Waals surface area contributed by atoms with Gasteiger partial charge in [0.1, 0.15) is 0 Å². The lowest BCUT2D eigenvalue weighted by Gasteiger charge is -2.29. The number of benzene rings is 1. The molecule has 0 aliphatic heterocycles. The minimum Gasteiger partial charge on any atom is -0.119 e. The summed E-state index contributed by atoms with van der Waals surface area (Å²) in [4.78, 5) is 0.103. The molecule has 0 nitrogen and oxygen atoms in total. The molecule has 0 radical (unpaired) electrons. The summed E-state index contributed by atoms with van der Waals surface area (Å²) in [5.41, 5.74) is 1.45. The van der Waals surface area contributed by atoms with Gasteiger partial charge in [0.15, 0.2) is 0 Å². The summed E-state index contributed by atoms with van der Waals surface area (Å²) >= 11 is 6.70. The molecule has 2 bridgehead atoms. The zero-order chi connectivity index (χ0) is 9.60. The van der Waals surface area contributed by atoms with Gasteiger partial charge < -0.3 is 0 Å². The average molecular weight is 207 g/mol. The molecule has 1 aromatic carbocycles. The lowest BCUT2D eigenvalue weighted by atomic mass is 9.83. The second-order valence-corrected chi connectivity index (χ2v) is 5.60. The molecule has 2 fully saturated rings. The van der Waals surface area contributed by atoms with Gasteiger partial charge in [-0.3, -0.25) is 0 Å². The van der Waals surface area contributed by atoms with Gasteiger partial charge >= 0.3 is 0 Å². The van der Waals surface area contributed by atoms with Crippen molar-refractivity contribution in [2.75, 3.05) is 0 Å². The number of hydrogen-bond acceptors (Lipinski definition) is 0. The smallest absolute Gasteiger partial charge is 0.0518 e. The predicted octanol–water partition coefficient (Wildman–Crippen LogP) is 3.95. The fourth-order valence-corrected chi connectivity index (χ4v) is 3.85. The molecule has 0 amide bonds. The summed E-state index contributed by atoms with van der Waals surface area (Å²) in [7, 11) is 0. The Labute approximate surface area is 90.3 Å². The zero-order valence-electron chi connectivity index (χ0n) is 8.25. The molecule has 0 aromatic heterocycles. The van der Waals surface area contributed by atoms with E-state index in [2.05, 4.69) is 30.3 Å². The molecule has 74 valence electrons. The van der Waals surface area contributed by atoms with Crippen molar-refractivity contribution in [1.82, 2.24) is 0 Å². The molecule has 0 unspecified atom stereocenters. The fourth-order valence-electron chi connectivity index (χ4n) is 3.31. The van der Waals surface area contributed by atoms with Crippen molar-refractivity contribution in [2.24, 2.45) is 5.92 Å². The number of hydrogen-bond donors (Lipinski definition) is 0. The van der Waals surface area contributed by atoms with Gasteiger partial charge in [-0.1, -0.05) is 30.3 Å². The molecular formula is C13H15Cl. The Bertz CT molecular complexity index is 332. The summed E-state index contributed by atoms with van der Waals surface area (Å²) in [5, 5.41) is 0. The van der Waals surface area contributed by atoms with Gasteiger partial charge in [-0.2, -0.15) is 0 Å². The van der Waals surface area contributed by atoms with Crippen molar-refractivity contribution in [3.63, 3.8) is 0 Å². The maximum absolute atomic E-state index is 6.70. The largest absolute Gasteiger partial charge is 0.119 e. The van der Waals surface area contributed by atoms with E-state index < -0.39 is 0 Å². The van der Waals surface area contributed by atoms with E-state index in [0.29, 0.717) is 5.92 Å². The van der Waals surface area contributed by atoms with Gasteiger partial charge in [0, 0.05) is 5.92 Å². The van der Waals surface area contributed by atoms with Crippen LogP contribution in [0.1, 0.15) is 37.2 Å². The molecule has 0 heterocycles. The van der Waals surface area contributed by atoms with E-state index in [0.717, 1.165) is 5.92 Å². The third kappa shape index (κ3) is 1.20. The van der Waals surface area contributed by atoms with Crippen LogP contribution in [0.25, 0.3) is 0 Å². The van der Waals surface area contributed by atoms with Crippen molar-refractivity contribution in [1.29, 1.82) is 0 Å². The van der Waals surface area contributed by atoms with Crippen molar-refractivity contribution in [3.05, 3.63) is 35.9 Å². The monoisotopic (exact) mass is 206 g/mol. The molecule has 3 atom stereocenters. The highest BCUT2D eigenvalue weighted by Crippen LogP contribution is 2.59. The van der Waals surface area contributed by atoms with Crippen LogP contribution in [0.4, 0.5) is 0 Å². The van der Waals surface area contributed by atoms with E-state index >= 15 is 0 Å². The first-order valence-electron chi connectivity index (χ1n) is 5.52. The Morgan fingerprint density at radius 2 is 2.00 bits per heavy atom. The number of fused-ring (bicyclic) bond motifs is 2. The van der Waals surface area contributed by atoms with Gasteiger partial charge in [0.2, 0.25) is 0 Å². The number of rotatable bonds is 1. The molecular weight excluding hydrogens is 192 g/mol. The van der Waals surface area contributed by atoms with Crippen molar-refractivity contribution in [2.45, 2.75) is 36.5 Å². The molecule has 0 saturated heterocycles. The highest BCUT2D eigenvalue weighted by Gasteiger charge is 2.51. The maximum Gasteiger partial charge on any atom is 0.0518 e. The first-order chi connectivity index (χ1) is 6.78. The van der Waals surface area contributed by atoms with Crippen LogP contribution in [0.3, 0.4) is 0 Å². The van der Waals surface area contributed by atoms with E-state index in [1.165, 1.54) is 31.2 Å². The Balaban J connectivity index is 1.94. The van der Waals surface area contributed by atoms with E-state index in [9.17, 15) is 0 Å². The van der Waals surface area contributed by atoms with E-state index in [1.807, 2.05) is 0 Å². The molecule has 14 heavy (non-hydrogen) atoms. The quantitative estimate of drug-likeness (QED) is 0.611. The lowest BCUT2D eigenvalue weighted by Crippen LogP contribution is -2.23. The number of halogens is 1. The standard InChI is InChI=1S/C13H15Cl/c14-13-7-6-10(9-13)8-12(13)11-4-2-1-3-5-11/h1-5,10,12H,6-9H2/t10-,12+,13+/m1/s1. The predicted molar refractivity (Wildman–Crippen MR) is 59.7 cm³/mol. The SMILES string of the molecule is Cl[C@]12CC[C@H](C[C@H]1c1ccccc1)C2. The fraction of sp³-hybridized carbons (Fsp3) is 0.538. The average Bonchev–Trinajstić information content (AvgIpc) is 2.74. The van der Waals surface area contributed by atoms with E-state index in [-0.39, 0.29) is 4.87 Å². The van der Waals surface area contributed by atoms with E-state index in [4.69, 9.17) is 11.6 Å². The van der Waals surface area contributed by atoms with Crippen LogP contribution in [0.2, 0.25) is 0 Å². The highest BCUT2D eigenvalue weighted by molar-refractivity contribution is 6.25. The van der Waals surface area contributed by atoms with Gasteiger partial charge in [-0.25, -0.2) is 0 Å². The topological polar surface area (TPSA) is 0 Å². The van der Waals surface area contributed by atoms with Crippen LogP contribution in [0, 0.1) is 5.92 Å². The second kappa shape index (κ2) is 3.00. The minimum absolute atomic E-state index is 0.103. The molecule has 2 saturated carbocycles. The van der Waals surface area contributed by atoms with Crippen molar-refractivity contribution in [3.8, 4) is 0 Å². The van der Waals surface area contributed by atoms with Crippen LogP contribution in [0.5, 0.6) is 0 Å². The maximum atomic E-state index is 6.70. The first-order valence-corrected chi connectivity index (χ1v) is 5.90. The van der Waals surface area contributed by atoms with Crippen LogP contribution in [0.15, 0.2) is 30.3 Å². The Kier molecular flexibility index (Phi) is 1.88. The molecule has 1 aromatic rings. The summed E-state index contributed by atoms with van der Waals surface area (Å²) in [6, 6.07) is 10.8. The molecule has 2 aliphatic carbocycles. The normalized spacial score (nSPS) is 40.4. The lowest BCUT2D eigenvalue weighted by molar-refractivity contribution is 0.440. The number of alkyl halides is 1. The molecule has 0 N–H and O–H groups in total. The summed E-state index contributed by atoms with van der Waals surface area (Å²) < 4.78 is 0. The molecule has 1 heteroatoms. The van der Waals surface area contributed by atoms with Gasteiger partial charge in [0.25, 0.3) is 0 Å². The van der Waals surface area contributed by atoms with Crippen LogP contribution in [-0.4, -0.2) is 4.87 Å². The Hall–Kier alpha value is -0.490. The zero-order valence-corrected chi connectivity index (χ0v) is 9.00. The molecule has 3 rings (SSSR count). The van der Waals surface area contributed by atoms with Crippen LogP contribution >= 0.6 is 11.6 Å². The first kappa shape index (κ1) is 8.79. The van der Waals surface area contributed by atoms with E-state index in [1.54, 1.807) is 0 Å². The third-order valence-electron chi connectivity index (χ3n) is 3.99. The van der Waals surface area contributed by atoms with Crippen molar-refractivity contribution < 1.29 is 0 Å². The van der Waals surface area contributed by atoms with Crippen LogP contribution in [-0.2, 0) is 0 Å². The third-order valence-corrected chi connectivity index (χ3v) is 4.60. The Morgan fingerprint density at radius 3 is 2.57 bits per heavy atom. The second-order valence-electron chi connectivity index (χ2n) is 4.84. The Morgan fingerprint density at radius 1 is 1.21 bits per heavy atom. The van der Waals surface area contributed by atoms with Gasteiger partial charge in [-0.05, 0) is 37.2 Å². The van der Waals surface area contributed by atoms with Gasteiger partial charge in [-0.15, -0.1) is 11.6 Å². The van der Waals surface area contributed by atoms with Crippen molar-refractivity contribution >= 4 is 11.6 Å². The summed E-state index contributed by atoms with van der Waals surface area (Å²) in [6.07, 6.45) is 5.13. The molecule has 2 aliphatic rings. The summed E-state index contributed by atoms with van der Waals surface area (Å²) in [6.45, 7) is 0. The molecule has 0 spiro atoms.